The minimum atomic E-state index is -0.146. The number of oxazole rings is 1. The normalized spacial score (nSPS) is 10.8. The van der Waals surface area contributed by atoms with Gasteiger partial charge in [-0.1, -0.05) is 35.5 Å². The molecule has 3 aromatic rings. The van der Waals surface area contributed by atoms with Crippen molar-refractivity contribution in [3.05, 3.63) is 47.5 Å². The van der Waals surface area contributed by atoms with Gasteiger partial charge in [0.2, 0.25) is 5.91 Å². The van der Waals surface area contributed by atoms with Crippen molar-refractivity contribution >= 4 is 51.7 Å². The first-order chi connectivity index (χ1) is 11.5. The van der Waals surface area contributed by atoms with Crippen molar-refractivity contribution in [2.45, 2.75) is 5.22 Å². The third-order valence-corrected chi connectivity index (χ3v) is 4.38. The lowest BCUT2D eigenvalue weighted by atomic mass is 10.2. The predicted octanol–water partition coefficient (Wildman–Crippen LogP) is 4.28. The van der Waals surface area contributed by atoms with Crippen molar-refractivity contribution in [2.75, 3.05) is 30.1 Å². The molecule has 0 atom stereocenters. The highest BCUT2D eigenvalue weighted by atomic mass is 35.5. The topological polar surface area (TPSA) is 58.4 Å². The Labute approximate surface area is 149 Å². The molecule has 24 heavy (non-hydrogen) atoms. The van der Waals surface area contributed by atoms with Crippen molar-refractivity contribution in [1.82, 2.24) is 4.98 Å². The lowest BCUT2D eigenvalue weighted by molar-refractivity contribution is -0.113. The zero-order valence-corrected chi connectivity index (χ0v) is 14.8. The number of halogens is 1. The number of amides is 1. The molecule has 0 spiro atoms. The number of carbonyl (C=O) groups is 1. The molecule has 0 aliphatic heterocycles. The van der Waals surface area contributed by atoms with Gasteiger partial charge in [0.05, 0.1) is 17.1 Å². The number of hydrogen-bond donors (Lipinski definition) is 1. The number of benzene rings is 2. The fourth-order valence-corrected chi connectivity index (χ4v) is 3.04. The van der Waals surface area contributed by atoms with Crippen LogP contribution in [0.15, 0.2) is 52.1 Å². The van der Waals surface area contributed by atoms with Gasteiger partial charge in [-0.05, 0) is 30.3 Å². The molecule has 0 aliphatic carbocycles. The van der Waals surface area contributed by atoms with Crippen molar-refractivity contribution in [3.63, 3.8) is 0 Å². The van der Waals surface area contributed by atoms with E-state index in [2.05, 4.69) is 10.3 Å². The van der Waals surface area contributed by atoms with E-state index in [1.807, 2.05) is 49.3 Å². The first kappa shape index (κ1) is 16.7. The second kappa shape index (κ2) is 7.15. The average molecular weight is 362 g/mol. The van der Waals surface area contributed by atoms with E-state index in [4.69, 9.17) is 16.0 Å². The van der Waals surface area contributed by atoms with Crippen LogP contribution in [0.2, 0.25) is 5.02 Å². The van der Waals surface area contributed by atoms with Crippen LogP contribution >= 0.6 is 23.4 Å². The van der Waals surface area contributed by atoms with E-state index in [1.54, 1.807) is 12.1 Å². The quantitative estimate of drug-likeness (QED) is 0.687. The van der Waals surface area contributed by atoms with Crippen LogP contribution in [0.3, 0.4) is 0 Å². The van der Waals surface area contributed by atoms with E-state index in [1.165, 1.54) is 11.8 Å². The first-order valence-electron chi connectivity index (χ1n) is 7.28. The van der Waals surface area contributed by atoms with Crippen LogP contribution < -0.4 is 10.2 Å². The Balaban J connectivity index is 1.66. The Morgan fingerprint density at radius 1 is 1.29 bits per heavy atom. The number of aromatic nitrogens is 1. The maximum Gasteiger partial charge on any atom is 0.257 e. The van der Waals surface area contributed by atoms with E-state index in [0.717, 1.165) is 11.2 Å². The number of para-hydroxylation sites is 2. The Hall–Kier alpha value is -2.18. The van der Waals surface area contributed by atoms with Gasteiger partial charge < -0.3 is 14.6 Å². The highest BCUT2D eigenvalue weighted by Crippen LogP contribution is 2.28. The fraction of sp³-hybridized carbons (Fsp3) is 0.176. The molecule has 0 radical (unpaired) electrons. The largest absolute Gasteiger partial charge is 0.431 e. The smallest absolute Gasteiger partial charge is 0.257 e. The minimum Gasteiger partial charge on any atom is -0.431 e. The van der Waals surface area contributed by atoms with Crippen LogP contribution in [0.1, 0.15) is 0 Å². The zero-order valence-electron chi connectivity index (χ0n) is 13.2. The van der Waals surface area contributed by atoms with Crippen LogP contribution in [0, 0.1) is 0 Å². The standard InChI is InChI=1S/C17H16ClN3O2S/c1-21(2)14-8-7-11(18)9-13(14)19-16(22)10-24-17-20-12-5-3-4-6-15(12)23-17/h3-9H,10H2,1-2H3,(H,19,22). The van der Waals surface area contributed by atoms with Gasteiger partial charge in [-0.25, -0.2) is 4.98 Å². The first-order valence-corrected chi connectivity index (χ1v) is 8.64. The molecule has 1 amide bonds. The summed E-state index contributed by atoms with van der Waals surface area (Å²) in [5.41, 5.74) is 3.06. The molecular weight excluding hydrogens is 346 g/mol. The van der Waals surface area contributed by atoms with Gasteiger partial charge in [0.25, 0.3) is 5.22 Å². The molecule has 0 fully saturated rings. The number of thioether (sulfide) groups is 1. The van der Waals surface area contributed by atoms with Crippen molar-refractivity contribution in [1.29, 1.82) is 0 Å². The number of nitrogens with one attached hydrogen (secondary N) is 1. The molecule has 3 rings (SSSR count). The summed E-state index contributed by atoms with van der Waals surface area (Å²) in [6.07, 6.45) is 0. The molecule has 0 saturated heterocycles. The average Bonchev–Trinajstić information content (AvgIpc) is 2.95. The maximum absolute atomic E-state index is 12.2. The maximum atomic E-state index is 12.2. The Morgan fingerprint density at radius 2 is 2.08 bits per heavy atom. The van der Waals surface area contributed by atoms with Crippen LogP contribution in [0.5, 0.6) is 0 Å². The third-order valence-electron chi connectivity index (χ3n) is 3.32. The Kier molecular flexibility index (Phi) is 4.97. The van der Waals surface area contributed by atoms with Crippen molar-refractivity contribution in [3.8, 4) is 0 Å². The molecule has 1 N–H and O–H groups in total. The van der Waals surface area contributed by atoms with Gasteiger partial charge in [-0.2, -0.15) is 0 Å². The summed E-state index contributed by atoms with van der Waals surface area (Å²) in [5.74, 6) is 0.0549. The Morgan fingerprint density at radius 3 is 2.83 bits per heavy atom. The predicted molar refractivity (Wildman–Crippen MR) is 99.1 cm³/mol. The van der Waals surface area contributed by atoms with Gasteiger partial charge in [0.1, 0.15) is 5.52 Å². The summed E-state index contributed by atoms with van der Waals surface area (Å²) >= 11 is 7.28. The van der Waals surface area contributed by atoms with E-state index in [0.29, 0.717) is 21.5 Å². The van der Waals surface area contributed by atoms with Gasteiger partial charge in [-0.15, -0.1) is 0 Å². The van der Waals surface area contributed by atoms with Crippen molar-refractivity contribution in [2.24, 2.45) is 0 Å². The monoisotopic (exact) mass is 361 g/mol. The number of anilines is 2. The number of hydrogen-bond acceptors (Lipinski definition) is 5. The van der Waals surface area contributed by atoms with Crippen LogP contribution in [-0.2, 0) is 4.79 Å². The summed E-state index contributed by atoms with van der Waals surface area (Å²) in [5, 5.41) is 3.93. The summed E-state index contributed by atoms with van der Waals surface area (Å²) in [6.45, 7) is 0. The molecule has 0 saturated carbocycles. The lowest BCUT2D eigenvalue weighted by Crippen LogP contribution is -2.18. The van der Waals surface area contributed by atoms with Crippen LogP contribution in [0.25, 0.3) is 11.1 Å². The number of rotatable bonds is 5. The highest BCUT2D eigenvalue weighted by Gasteiger charge is 2.12. The zero-order chi connectivity index (χ0) is 17.1. The Bertz CT molecular complexity index is 846. The van der Waals surface area contributed by atoms with Crippen molar-refractivity contribution < 1.29 is 9.21 Å². The van der Waals surface area contributed by atoms with Gasteiger partial charge >= 0.3 is 0 Å². The van der Waals surface area contributed by atoms with Gasteiger partial charge in [0.15, 0.2) is 5.58 Å². The number of carbonyl (C=O) groups excluding carboxylic acids is 1. The number of nitrogens with zero attached hydrogens (tertiary/aromatic N) is 2. The van der Waals surface area contributed by atoms with Gasteiger partial charge in [0, 0.05) is 19.1 Å². The molecular formula is C17H16ClN3O2S. The molecule has 1 heterocycles. The van der Waals surface area contributed by atoms with E-state index in [-0.39, 0.29) is 11.7 Å². The molecule has 1 aromatic heterocycles. The van der Waals surface area contributed by atoms with Crippen LogP contribution in [-0.4, -0.2) is 30.7 Å². The van der Waals surface area contributed by atoms with E-state index < -0.39 is 0 Å². The highest BCUT2D eigenvalue weighted by molar-refractivity contribution is 7.99. The molecule has 0 bridgehead atoms. The van der Waals surface area contributed by atoms with Gasteiger partial charge in [-0.3, -0.25) is 4.79 Å². The molecule has 0 aliphatic rings. The SMILES string of the molecule is CN(C)c1ccc(Cl)cc1NC(=O)CSc1nc2ccccc2o1. The molecule has 124 valence electrons. The second-order valence-corrected chi connectivity index (χ2v) is 6.70. The summed E-state index contributed by atoms with van der Waals surface area (Å²) in [7, 11) is 3.82. The number of fused-ring (bicyclic) bond motifs is 1. The van der Waals surface area contributed by atoms with E-state index >= 15 is 0 Å². The van der Waals surface area contributed by atoms with Crippen LogP contribution in [0.4, 0.5) is 11.4 Å². The molecule has 5 nitrogen and oxygen atoms in total. The molecule has 0 unspecified atom stereocenters. The summed E-state index contributed by atoms with van der Waals surface area (Å²) in [4.78, 5) is 18.5. The molecule has 2 aromatic carbocycles. The summed E-state index contributed by atoms with van der Waals surface area (Å²) < 4.78 is 5.59. The third kappa shape index (κ3) is 3.83. The lowest BCUT2D eigenvalue weighted by Gasteiger charge is -2.18. The summed E-state index contributed by atoms with van der Waals surface area (Å²) in [6, 6.07) is 12.9. The minimum absolute atomic E-state index is 0.146. The molecule has 7 heteroatoms. The van der Waals surface area contributed by atoms with E-state index in [9.17, 15) is 4.79 Å². The fourth-order valence-electron chi connectivity index (χ4n) is 2.22. The second-order valence-electron chi connectivity index (χ2n) is 5.34.